The molecule has 3 rings (SSSR count). The highest BCUT2D eigenvalue weighted by Crippen LogP contribution is 2.47. The fourth-order valence-corrected chi connectivity index (χ4v) is 3.77. The number of allylic oxidation sites excluding steroid dienone is 2. The van der Waals surface area contributed by atoms with Crippen LogP contribution in [0.2, 0.25) is 0 Å². The number of carboxylic acids is 2. The highest BCUT2D eigenvalue weighted by Gasteiger charge is 2.44. The van der Waals surface area contributed by atoms with Crippen molar-refractivity contribution in [1.82, 2.24) is 0 Å². The van der Waals surface area contributed by atoms with Crippen molar-refractivity contribution in [3.05, 3.63) is 35.4 Å². The van der Waals surface area contributed by atoms with E-state index in [1.54, 1.807) is 7.11 Å². The van der Waals surface area contributed by atoms with Crippen LogP contribution < -0.4 is 4.74 Å². The number of carbonyl (C=O) groups is 2. The number of ether oxygens (including phenoxy) is 1. The smallest absolute Gasteiger partial charge is 0.308 e. The van der Waals surface area contributed by atoms with Crippen molar-refractivity contribution in [3.8, 4) is 5.75 Å². The normalized spacial score (nSPS) is 26.4. The molecule has 22 heavy (non-hydrogen) atoms. The number of fused-ring (bicyclic) bond motifs is 3. The molecule has 2 aliphatic rings. The summed E-state index contributed by atoms with van der Waals surface area (Å²) in [6.07, 6.45) is 3.58. The average Bonchev–Trinajstić information content (AvgIpc) is 2.52. The molecule has 116 valence electrons. The summed E-state index contributed by atoms with van der Waals surface area (Å²) in [6.45, 7) is 0. The van der Waals surface area contributed by atoms with Crippen molar-refractivity contribution in [2.45, 2.75) is 19.3 Å². The SMILES string of the molecule is COc1ccc2c(c1)CC[C@@H]1C2=CC[C@H](C(=O)O)[C@@H]1C(=O)O. The van der Waals surface area contributed by atoms with Gasteiger partial charge in [0.2, 0.25) is 0 Å². The molecule has 2 aliphatic carbocycles. The van der Waals surface area contributed by atoms with Gasteiger partial charge in [0, 0.05) is 0 Å². The Bertz CT molecular complexity index is 661. The van der Waals surface area contributed by atoms with E-state index in [0.717, 1.165) is 28.9 Å². The summed E-state index contributed by atoms with van der Waals surface area (Å²) < 4.78 is 5.23. The maximum Gasteiger partial charge on any atom is 0.308 e. The van der Waals surface area contributed by atoms with Gasteiger partial charge in [-0.15, -0.1) is 0 Å². The number of methoxy groups -OCH3 is 1. The van der Waals surface area contributed by atoms with Crippen LogP contribution in [0, 0.1) is 17.8 Å². The fraction of sp³-hybridized carbons (Fsp3) is 0.412. The lowest BCUT2D eigenvalue weighted by atomic mass is 9.65. The van der Waals surface area contributed by atoms with Gasteiger partial charge in [0.25, 0.3) is 0 Å². The van der Waals surface area contributed by atoms with Crippen LogP contribution in [0.5, 0.6) is 5.75 Å². The predicted octanol–water partition coefficient (Wildman–Crippen LogP) is 2.45. The number of hydrogen-bond acceptors (Lipinski definition) is 3. The van der Waals surface area contributed by atoms with Gasteiger partial charge in [-0.1, -0.05) is 12.1 Å². The molecule has 0 radical (unpaired) electrons. The summed E-state index contributed by atoms with van der Waals surface area (Å²) in [5, 5.41) is 18.8. The van der Waals surface area contributed by atoms with E-state index in [4.69, 9.17) is 4.74 Å². The second kappa shape index (κ2) is 5.48. The van der Waals surface area contributed by atoms with Gasteiger partial charge in [0.15, 0.2) is 0 Å². The van der Waals surface area contributed by atoms with E-state index in [1.807, 2.05) is 24.3 Å². The number of rotatable bonds is 3. The van der Waals surface area contributed by atoms with Gasteiger partial charge in [-0.2, -0.15) is 0 Å². The molecular formula is C17H18O5. The minimum Gasteiger partial charge on any atom is -0.497 e. The number of hydrogen-bond donors (Lipinski definition) is 2. The molecule has 0 spiro atoms. The first-order valence-electron chi connectivity index (χ1n) is 7.36. The lowest BCUT2D eigenvalue weighted by Crippen LogP contribution is -2.39. The molecule has 0 unspecified atom stereocenters. The van der Waals surface area contributed by atoms with Crippen LogP contribution in [-0.4, -0.2) is 29.3 Å². The minimum absolute atomic E-state index is 0.228. The molecule has 0 amide bonds. The van der Waals surface area contributed by atoms with Crippen LogP contribution in [0.4, 0.5) is 0 Å². The second-order valence-corrected chi connectivity index (χ2v) is 5.87. The molecule has 0 aromatic heterocycles. The number of carboxylic acid groups (broad SMARTS) is 2. The van der Waals surface area contributed by atoms with E-state index in [2.05, 4.69) is 0 Å². The molecule has 3 atom stereocenters. The van der Waals surface area contributed by atoms with E-state index in [9.17, 15) is 19.8 Å². The standard InChI is InChI=1S/C17H18O5/c1-22-10-3-5-11-9(8-10)2-4-13-12(11)6-7-14(16(18)19)15(13)17(20)21/h3,5-6,8,13-15H,2,4,7H2,1H3,(H,18,19)(H,20,21)/t13-,14+,15-/m1/s1. The number of aliphatic carboxylic acids is 2. The van der Waals surface area contributed by atoms with Gasteiger partial charge in [-0.3, -0.25) is 9.59 Å². The van der Waals surface area contributed by atoms with Gasteiger partial charge in [-0.25, -0.2) is 0 Å². The summed E-state index contributed by atoms with van der Waals surface area (Å²) in [5.74, 6) is -3.18. The lowest BCUT2D eigenvalue weighted by Gasteiger charge is -2.38. The van der Waals surface area contributed by atoms with E-state index in [0.29, 0.717) is 6.42 Å². The Hall–Kier alpha value is -2.30. The topological polar surface area (TPSA) is 83.8 Å². The summed E-state index contributed by atoms with van der Waals surface area (Å²) in [4.78, 5) is 23.0. The molecule has 0 saturated carbocycles. The fourth-order valence-electron chi connectivity index (χ4n) is 3.77. The zero-order valence-corrected chi connectivity index (χ0v) is 12.3. The molecule has 0 fully saturated rings. The average molecular weight is 302 g/mol. The zero-order valence-electron chi connectivity index (χ0n) is 12.3. The maximum absolute atomic E-state index is 11.6. The third-order valence-corrected chi connectivity index (χ3v) is 4.81. The molecule has 2 N–H and O–H groups in total. The highest BCUT2D eigenvalue weighted by molar-refractivity contribution is 5.86. The van der Waals surface area contributed by atoms with Crippen molar-refractivity contribution in [3.63, 3.8) is 0 Å². The quantitative estimate of drug-likeness (QED) is 0.896. The molecule has 0 aliphatic heterocycles. The van der Waals surface area contributed by atoms with Crippen LogP contribution in [0.3, 0.4) is 0 Å². The largest absolute Gasteiger partial charge is 0.497 e. The molecule has 0 bridgehead atoms. The Morgan fingerprint density at radius 1 is 1.23 bits per heavy atom. The van der Waals surface area contributed by atoms with E-state index in [1.165, 1.54) is 0 Å². The molecule has 1 aromatic carbocycles. The summed E-state index contributed by atoms with van der Waals surface area (Å²) in [6, 6.07) is 5.79. The first kappa shape index (κ1) is 14.6. The van der Waals surface area contributed by atoms with Gasteiger partial charge in [-0.05, 0) is 54.0 Å². The lowest BCUT2D eigenvalue weighted by molar-refractivity contribution is -0.155. The van der Waals surface area contributed by atoms with E-state index in [-0.39, 0.29) is 12.3 Å². The monoisotopic (exact) mass is 302 g/mol. The summed E-state index contributed by atoms with van der Waals surface area (Å²) in [5.41, 5.74) is 3.15. The van der Waals surface area contributed by atoms with Crippen molar-refractivity contribution in [2.75, 3.05) is 7.11 Å². The van der Waals surface area contributed by atoms with Crippen LogP contribution in [0.15, 0.2) is 24.3 Å². The Labute approximate surface area is 128 Å². The maximum atomic E-state index is 11.6. The van der Waals surface area contributed by atoms with E-state index >= 15 is 0 Å². The third kappa shape index (κ3) is 2.26. The number of aryl methyl sites for hydroxylation is 1. The summed E-state index contributed by atoms with van der Waals surface area (Å²) >= 11 is 0. The molecule has 0 heterocycles. The summed E-state index contributed by atoms with van der Waals surface area (Å²) in [7, 11) is 1.62. The van der Waals surface area contributed by atoms with Gasteiger partial charge in [0.1, 0.15) is 5.75 Å². The van der Waals surface area contributed by atoms with Gasteiger partial charge < -0.3 is 14.9 Å². The Balaban J connectivity index is 2.04. The van der Waals surface area contributed by atoms with E-state index < -0.39 is 23.8 Å². The van der Waals surface area contributed by atoms with Crippen LogP contribution >= 0.6 is 0 Å². The van der Waals surface area contributed by atoms with Crippen LogP contribution in [0.25, 0.3) is 5.57 Å². The van der Waals surface area contributed by atoms with Crippen LogP contribution in [0.1, 0.15) is 24.0 Å². The molecular weight excluding hydrogens is 284 g/mol. The van der Waals surface area contributed by atoms with Crippen molar-refractivity contribution in [2.24, 2.45) is 17.8 Å². The van der Waals surface area contributed by atoms with Crippen molar-refractivity contribution >= 4 is 17.5 Å². The molecule has 0 saturated heterocycles. The number of benzene rings is 1. The van der Waals surface area contributed by atoms with Gasteiger partial charge in [0.05, 0.1) is 18.9 Å². The molecule has 5 heteroatoms. The van der Waals surface area contributed by atoms with Crippen molar-refractivity contribution < 1.29 is 24.5 Å². The first-order valence-corrected chi connectivity index (χ1v) is 7.36. The molecule has 5 nitrogen and oxygen atoms in total. The highest BCUT2D eigenvalue weighted by atomic mass is 16.5. The Morgan fingerprint density at radius 2 is 2.00 bits per heavy atom. The second-order valence-electron chi connectivity index (χ2n) is 5.87. The van der Waals surface area contributed by atoms with Crippen molar-refractivity contribution in [1.29, 1.82) is 0 Å². The Morgan fingerprint density at radius 3 is 2.64 bits per heavy atom. The zero-order chi connectivity index (χ0) is 15.9. The minimum atomic E-state index is -1.02. The predicted molar refractivity (Wildman–Crippen MR) is 79.7 cm³/mol. The van der Waals surface area contributed by atoms with Crippen LogP contribution in [-0.2, 0) is 16.0 Å². The first-order chi connectivity index (χ1) is 10.5. The molecule has 1 aromatic rings. The van der Waals surface area contributed by atoms with Gasteiger partial charge >= 0.3 is 11.9 Å². The third-order valence-electron chi connectivity index (χ3n) is 4.81. The Kier molecular flexibility index (Phi) is 3.64.